The van der Waals surface area contributed by atoms with E-state index in [1.165, 1.54) is 0 Å². The van der Waals surface area contributed by atoms with E-state index in [0.29, 0.717) is 0 Å². The monoisotopic (exact) mass is 771 g/mol. The molecule has 0 heterocycles. The molecule has 18 N–H and O–H groups in total. The Morgan fingerprint density at radius 1 is 0.390 bits per heavy atom. The van der Waals surface area contributed by atoms with Gasteiger partial charge in [-0.05, 0) is 0 Å². The molecule has 1 unspecified atom stereocenters. The molecule has 0 aromatic rings. The summed E-state index contributed by atoms with van der Waals surface area (Å²) < 4.78 is 95.6. The standard InChI is InChI=1S/C6H25N3O24P8/c7-2(9(5(38(22,23)24)39(25,26)27)6(40(28,29)30)41(31,32)33)1-8(3(34(10,11)12)35(13,14)15)4(36(16,17)18)37(19,20)21/h2-6H,1,7H2,(H2,10,11,12)(H2,13,14,15)(H2,16,17,18)(H2,19,20,21)(H2,22,23,24)(H2,25,26,27)(H2,28,29,30)(H2,31,32,33). The highest BCUT2D eigenvalue weighted by atomic mass is 31.3. The fourth-order valence-corrected chi connectivity index (χ4v) is 15.5. The molecular formula is C6H25N3O24P8. The predicted octanol–water partition coefficient (Wildman–Crippen LogP) is -4.57. The van der Waals surface area contributed by atoms with Crippen LogP contribution in [0.4, 0.5) is 0 Å². The molecule has 0 bridgehead atoms. The fourth-order valence-electron chi connectivity index (χ4n) is 3.33. The Labute approximate surface area is 226 Å². The lowest BCUT2D eigenvalue weighted by Crippen LogP contribution is -2.59. The summed E-state index contributed by atoms with van der Waals surface area (Å²) in [5, 5.41) is 0. The first-order valence-electron chi connectivity index (χ1n) is 9.07. The van der Waals surface area contributed by atoms with E-state index >= 15 is 0 Å². The Morgan fingerprint density at radius 2 is 0.561 bits per heavy atom. The number of nitrogens with two attached hydrogens (primary N) is 1. The van der Waals surface area contributed by atoms with Crippen LogP contribution in [-0.4, -0.2) is 123 Å². The zero-order valence-corrected chi connectivity index (χ0v) is 26.2. The number of nitrogens with zero attached hydrogens (tertiary/aromatic N) is 2. The molecule has 0 spiro atoms. The van der Waals surface area contributed by atoms with Gasteiger partial charge in [0.1, 0.15) is 0 Å². The van der Waals surface area contributed by atoms with Crippen LogP contribution in [0.5, 0.6) is 0 Å². The van der Waals surface area contributed by atoms with E-state index in [2.05, 4.69) is 0 Å². The van der Waals surface area contributed by atoms with Gasteiger partial charge in [-0.15, -0.1) is 0 Å². The van der Waals surface area contributed by atoms with E-state index in [0.717, 1.165) is 0 Å². The molecule has 0 aliphatic rings. The van der Waals surface area contributed by atoms with Gasteiger partial charge in [0.15, 0.2) is 0 Å². The molecule has 0 saturated heterocycles. The van der Waals surface area contributed by atoms with Crippen LogP contribution in [0.25, 0.3) is 0 Å². The molecule has 27 nitrogen and oxygen atoms in total. The molecule has 0 saturated carbocycles. The van der Waals surface area contributed by atoms with Crippen molar-refractivity contribution in [2.75, 3.05) is 6.54 Å². The van der Waals surface area contributed by atoms with Crippen LogP contribution in [-0.2, 0) is 36.5 Å². The lowest BCUT2D eigenvalue weighted by atomic mass is 10.4. The molecule has 0 rings (SSSR count). The quantitative estimate of drug-likeness (QED) is 0.0550. The van der Waals surface area contributed by atoms with E-state index in [1.807, 2.05) is 0 Å². The zero-order valence-electron chi connectivity index (χ0n) is 19.1. The minimum Gasteiger partial charge on any atom is -0.323 e. The second kappa shape index (κ2) is 13.1. The summed E-state index contributed by atoms with van der Waals surface area (Å²) in [6.45, 7) is -2.51. The molecule has 0 aromatic carbocycles. The largest absolute Gasteiger partial charge is 0.355 e. The third kappa shape index (κ3) is 11.7. The van der Waals surface area contributed by atoms with Gasteiger partial charge in [-0.1, -0.05) is 0 Å². The van der Waals surface area contributed by atoms with E-state index < -0.39 is 105 Å². The van der Waals surface area contributed by atoms with Crippen molar-refractivity contribution < 1.29 is 115 Å². The Hall–Kier alpha value is 1.08. The van der Waals surface area contributed by atoms with Gasteiger partial charge in [0.05, 0.1) is 6.17 Å². The van der Waals surface area contributed by atoms with E-state index in [4.69, 9.17) is 5.73 Å². The van der Waals surface area contributed by atoms with Crippen molar-refractivity contribution in [2.24, 2.45) is 5.73 Å². The molecule has 0 amide bonds. The summed E-state index contributed by atoms with van der Waals surface area (Å²) >= 11 is 0. The Kier molecular flexibility index (Phi) is 13.4. The summed E-state index contributed by atoms with van der Waals surface area (Å²) in [6, 6.07) is 0. The van der Waals surface area contributed by atoms with Gasteiger partial charge in [0.2, 0.25) is 22.1 Å². The molecule has 0 radical (unpaired) electrons. The number of hydrogen-bond acceptors (Lipinski definition) is 11. The average Bonchev–Trinajstić information content (AvgIpc) is 2.50. The highest BCUT2D eigenvalue weighted by molar-refractivity contribution is 7.73. The highest BCUT2D eigenvalue weighted by Gasteiger charge is 2.63. The van der Waals surface area contributed by atoms with Crippen molar-refractivity contribution in [3.8, 4) is 0 Å². The summed E-state index contributed by atoms with van der Waals surface area (Å²) in [4.78, 5) is 149. The van der Waals surface area contributed by atoms with Crippen molar-refractivity contribution in [1.82, 2.24) is 9.80 Å². The molecule has 0 aromatic heterocycles. The van der Waals surface area contributed by atoms with Crippen LogP contribution in [0.2, 0.25) is 0 Å². The minimum absolute atomic E-state index is 1.19. The molecule has 248 valence electrons. The van der Waals surface area contributed by atoms with Gasteiger partial charge in [0, 0.05) is 6.54 Å². The average molecular weight is 771 g/mol. The van der Waals surface area contributed by atoms with Crippen LogP contribution < -0.4 is 5.73 Å². The predicted molar refractivity (Wildman–Crippen MR) is 128 cm³/mol. The maximum Gasteiger partial charge on any atom is 0.355 e. The van der Waals surface area contributed by atoms with E-state index in [9.17, 15) is 115 Å². The van der Waals surface area contributed by atoms with Gasteiger partial charge in [-0.2, -0.15) is 0 Å². The van der Waals surface area contributed by atoms with Crippen molar-refractivity contribution in [2.45, 2.75) is 28.3 Å². The van der Waals surface area contributed by atoms with Crippen LogP contribution in [0, 0.1) is 0 Å². The molecule has 35 heteroatoms. The fraction of sp³-hybridized carbons (Fsp3) is 1.00. The maximum atomic E-state index is 12.0. The highest BCUT2D eigenvalue weighted by Crippen LogP contribution is 2.71. The lowest BCUT2D eigenvalue weighted by molar-refractivity contribution is 0.108. The smallest absolute Gasteiger partial charge is 0.323 e. The van der Waals surface area contributed by atoms with E-state index in [-0.39, 0.29) is 0 Å². The first-order valence-corrected chi connectivity index (χ1v) is 22.5. The number of hydrogen-bond donors (Lipinski definition) is 17. The SMILES string of the molecule is NC(CN(C(P(=O)(O)O)P(=O)(O)O)C(P(=O)(O)O)P(=O)(O)O)N(C(P(=O)(O)O)P(=O)(O)O)C(P(=O)(O)O)P(=O)(O)O. The van der Waals surface area contributed by atoms with Gasteiger partial charge in [-0.3, -0.25) is 41.4 Å². The molecular weight excluding hydrogens is 746 g/mol. The van der Waals surface area contributed by atoms with Crippen molar-refractivity contribution in [1.29, 1.82) is 0 Å². The summed E-state index contributed by atoms with van der Waals surface area (Å²) in [5.74, 6) is 0. The normalized spacial score (nSPS) is 16.6. The zero-order chi connectivity index (χ0) is 33.7. The number of rotatable bonds is 15. The summed E-state index contributed by atoms with van der Waals surface area (Å²) in [7, 11) is -53.1. The minimum atomic E-state index is -6.66. The first-order chi connectivity index (χ1) is 17.4. The third-order valence-corrected chi connectivity index (χ3v) is 18.6. The second-order valence-corrected chi connectivity index (χ2v) is 22.8. The van der Waals surface area contributed by atoms with Crippen molar-refractivity contribution in [3.05, 3.63) is 0 Å². The van der Waals surface area contributed by atoms with Gasteiger partial charge >= 0.3 is 60.8 Å². The van der Waals surface area contributed by atoms with Gasteiger partial charge in [-0.25, -0.2) is 4.90 Å². The lowest BCUT2D eigenvalue weighted by Gasteiger charge is -2.44. The Bertz CT molecular complexity index is 1150. The van der Waals surface area contributed by atoms with Gasteiger partial charge < -0.3 is 84.0 Å². The molecule has 1 atom stereocenters. The van der Waals surface area contributed by atoms with Gasteiger partial charge in [0.25, 0.3) is 0 Å². The first kappa shape index (κ1) is 42.1. The maximum absolute atomic E-state index is 12.0. The second-order valence-electron chi connectivity index (χ2n) is 7.81. The molecule has 0 aliphatic carbocycles. The molecule has 41 heavy (non-hydrogen) atoms. The summed E-state index contributed by atoms with van der Waals surface area (Å²) in [6.07, 6.45) is -3.47. The molecule has 0 aliphatic heterocycles. The Morgan fingerprint density at radius 3 is 0.707 bits per heavy atom. The summed E-state index contributed by atoms with van der Waals surface area (Å²) in [5.41, 5.74) is -11.1. The van der Waals surface area contributed by atoms with Crippen molar-refractivity contribution >= 4 is 60.8 Å². The molecule has 0 fully saturated rings. The van der Waals surface area contributed by atoms with E-state index in [1.54, 1.807) is 0 Å². The topological polar surface area (TPSA) is 493 Å². The van der Waals surface area contributed by atoms with Crippen LogP contribution in [0.15, 0.2) is 0 Å². The van der Waals surface area contributed by atoms with Crippen LogP contribution in [0.1, 0.15) is 0 Å². The van der Waals surface area contributed by atoms with Crippen LogP contribution in [0.3, 0.4) is 0 Å². The third-order valence-electron chi connectivity index (χ3n) is 4.31. The van der Waals surface area contributed by atoms with Crippen molar-refractivity contribution in [3.63, 3.8) is 0 Å². The Balaban J connectivity index is 8.05. The van der Waals surface area contributed by atoms with Crippen LogP contribution >= 0.6 is 60.8 Å².